The summed E-state index contributed by atoms with van der Waals surface area (Å²) >= 11 is 0. The summed E-state index contributed by atoms with van der Waals surface area (Å²) in [6.45, 7) is 1.29. The van der Waals surface area contributed by atoms with Crippen molar-refractivity contribution in [3.63, 3.8) is 0 Å². The van der Waals surface area contributed by atoms with Crippen LogP contribution >= 0.6 is 0 Å². The maximum absolute atomic E-state index is 5.58. The maximum Gasteiger partial charge on any atom is 0.223 e. The van der Waals surface area contributed by atoms with E-state index < -0.39 is 0 Å². The van der Waals surface area contributed by atoms with E-state index in [-0.39, 0.29) is 5.95 Å². The Balaban J connectivity index is 2.06. The fourth-order valence-electron chi connectivity index (χ4n) is 1.43. The molecule has 0 aromatic carbocycles. The van der Waals surface area contributed by atoms with Gasteiger partial charge in [-0.1, -0.05) is 0 Å². The summed E-state index contributed by atoms with van der Waals surface area (Å²) < 4.78 is 6.73. The second kappa shape index (κ2) is 5.32. The van der Waals surface area contributed by atoms with Crippen molar-refractivity contribution in [2.24, 2.45) is 0 Å². The van der Waals surface area contributed by atoms with E-state index in [0.717, 1.165) is 5.69 Å². The molecule has 0 aliphatic carbocycles. The largest absolute Gasteiger partial charge is 0.383 e. The molecule has 8 heteroatoms. The Morgan fingerprint density at radius 2 is 2.22 bits per heavy atom. The SMILES string of the molecule is COCCn1cc(Nc2cc(N)nc(N)n2)cn1. The van der Waals surface area contributed by atoms with Gasteiger partial charge < -0.3 is 21.5 Å². The molecule has 0 unspecified atom stereocenters. The van der Waals surface area contributed by atoms with Crippen molar-refractivity contribution >= 4 is 23.3 Å². The second-order valence-corrected chi connectivity index (χ2v) is 3.65. The van der Waals surface area contributed by atoms with Gasteiger partial charge in [-0.15, -0.1) is 0 Å². The minimum atomic E-state index is 0.129. The van der Waals surface area contributed by atoms with E-state index in [1.807, 2.05) is 6.20 Å². The highest BCUT2D eigenvalue weighted by Gasteiger charge is 2.02. The molecule has 0 fully saturated rings. The molecule has 0 aliphatic heterocycles. The van der Waals surface area contributed by atoms with Gasteiger partial charge in [-0.3, -0.25) is 4.68 Å². The number of anilines is 4. The third-order valence-electron chi connectivity index (χ3n) is 2.19. The number of methoxy groups -OCH3 is 1. The van der Waals surface area contributed by atoms with E-state index in [2.05, 4.69) is 20.4 Å². The predicted octanol–water partition coefficient (Wildman–Crippen LogP) is 0.227. The van der Waals surface area contributed by atoms with Crippen LogP contribution in [0.3, 0.4) is 0 Å². The predicted molar refractivity (Wildman–Crippen MR) is 68.2 cm³/mol. The number of rotatable bonds is 5. The molecule has 2 aromatic heterocycles. The first kappa shape index (κ1) is 12.1. The highest BCUT2D eigenvalue weighted by Crippen LogP contribution is 2.15. The van der Waals surface area contributed by atoms with E-state index in [0.29, 0.717) is 24.8 Å². The summed E-state index contributed by atoms with van der Waals surface area (Å²) in [6.07, 6.45) is 3.53. The van der Waals surface area contributed by atoms with E-state index in [1.165, 1.54) is 0 Å². The van der Waals surface area contributed by atoms with Crippen molar-refractivity contribution in [1.82, 2.24) is 19.7 Å². The minimum Gasteiger partial charge on any atom is -0.383 e. The van der Waals surface area contributed by atoms with Crippen LogP contribution in [0.25, 0.3) is 0 Å². The molecular formula is C10H15N7O. The summed E-state index contributed by atoms with van der Waals surface area (Å²) in [4.78, 5) is 7.80. The van der Waals surface area contributed by atoms with Gasteiger partial charge in [-0.25, -0.2) is 0 Å². The summed E-state index contributed by atoms with van der Waals surface area (Å²) in [5.74, 6) is 0.979. The van der Waals surface area contributed by atoms with E-state index >= 15 is 0 Å². The third-order valence-corrected chi connectivity index (χ3v) is 2.19. The van der Waals surface area contributed by atoms with Crippen LogP contribution in [-0.2, 0) is 11.3 Å². The third kappa shape index (κ3) is 3.08. The molecule has 0 saturated heterocycles. The zero-order valence-electron chi connectivity index (χ0n) is 10.00. The number of nitrogens with one attached hydrogen (secondary N) is 1. The molecule has 0 saturated carbocycles. The van der Waals surface area contributed by atoms with Crippen LogP contribution in [0.15, 0.2) is 18.5 Å². The van der Waals surface area contributed by atoms with Gasteiger partial charge in [0.15, 0.2) is 0 Å². The van der Waals surface area contributed by atoms with Crippen LogP contribution in [0.5, 0.6) is 0 Å². The van der Waals surface area contributed by atoms with Crippen molar-refractivity contribution < 1.29 is 4.74 Å². The topological polar surface area (TPSA) is 117 Å². The fraction of sp³-hybridized carbons (Fsp3) is 0.300. The molecule has 0 atom stereocenters. The van der Waals surface area contributed by atoms with Gasteiger partial charge in [0.05, 0.1) is 25.0 Å². The normalized spacial score (nSPS) is 10.5. The summed E-state index contributed by atoms with van der Waals surface area (Å²) in [5.41, 5.74) is 11.9. The first-order chi connectivity index (χ1) is 8.67. The molecule has 0 aliphatic rings. The summed E-state index contributed by atoms with van der Waals surface area (Å²) in [5, 5.41) is 7.21. The Labute approximate surface area is 104 Å². The van der Waals surface area contributed by atoms with Crippen molar-refractivity contribution in [1.29, 1.82) is 0 Å². The number of hydrogen-bond acceptors (Lipinski definition) is 7. The quantitative estimate of drug-likeness (QED) is 0.694. The van der Waals surface area contributed by atoms with E-state index in [1.54, 1.807) is 24.1 Å². The van der Waals surface area contributed by atoms with Gasteiger partial charge in [-0.2, -0.15) is 15.1 Å². The van der Waals surface area contributed by atoms with Gasteiger partial charge >= 0.3 is 0 Å². The second-order valence-electron chi connectivity index (χ2n) is 3.65. The van der Waals surface area contributed by atoms with Gasteiger partial charge in [0.1, 0.15) is 11.6 Å². The Bertz CT molecular complexity index is 504. The summed E-state index contributed by atoms with van der Waals surface area (Å²) in [6, 6.07) is 1.60. The molecule has 0 amide bonds. The number of nitrogens with zero attached hydrogens (tertiary/aromatic N) is 4. The van der Waals surface area contributed by atoms with Crippen molar-refractivity contribution in [2.45, 2.75) is 6.54 Å². The average molecular weight is 249 g/mol. The number of hydrogen-bond donors (Lipinski definition) is 3. The fourth-order valence-corrected chi connectivity index (χ4v) is 1.43. The molecule has 5 N–H and O–H groups in total. The molecule has 18 heavy (non-hydrogen) atoms. The number of ether oxygens (including phenoxy) is 1. The molecular weight excluding hydrogens is 234 g/mol. The minimum absolute atomic E-state index is 0.129. The lowest BCUT2D eigenvalue weighted by Gasteiger charge is -2.04. The highest BCUT2D eigenvalue weighted by molar-refractivity contribution is 5.58. The van der Waals surface area contributed by atoms with E-state index in [9.17, 15) is 0 Å². The Morgan fingerprint density at radius 3 is 2.94 bits per heavy atom. The van der Waals surface area contributed by atoms with Crippen molar-refractivity contribution in [2.75, 3.05) is 30.5 Å². The van der Waals surface area contributed by atoms with Crippen molar-refractivity contribution in [3.05, 3.63) is 18.5 Å². The lowest BCUT2D eigenvalue weighted by Crippen LogP contribution is -2.04. The first-order valence-electron chi connectivity index (χ1n) is 5.36. The zero-order valence-corrected chi connectivity index (χ0v) is 10.00. The molecule has 96 valence electrons. The lowest BCUT2D eigenvalue weighted by molar-refractivity contribution is 0.183. The van der Waals surface area contributed by atoms with Crippen LogP contribution in [0, 0.1) is 0 Å². The standard InChI is InChI=1S/C10H15N7O/c1-18-3-2-17-6-7(5-13-17)14-9-4-8(11)15-10(12)16-9/h4-6H,2-3H2,1H3,(H5,11,12,14,15,16). The molecule has 8 nitrogen and oxygen atoms in total. The van der Waals surface area contributed by atoms with Crippen LogP contribution in [-0.4, -0.2) is 33.5 Å². The van der Waals surface area contributed by atoms with Crippen LogP contribution < -0.4 is 16.8 Å². The Hall–Kier alpha value is -2.35. The average Bonchev–Trinajstić information content (AvgIpc) is 2.72. The molecule has 0 radical (unpaired) electrons. The number of nitrogen functional groups attached to an aromatic ring is 2. The molecule has 2 rings (SSSR count). The van der Waals surface area contributed by atoms with Gasteiger partial charge in [0.2, 0.25) is 5.95 Å². The zero-order chi connectivity index (χ0) is 13.0. The number of nitrogens with two attached hydrogens (primary N) is 2. The molecule has 2 aromatic rings. The van der Waals surface area contributed by atoms with Crippen LogP contribution in [0.4, 0.5) is 23.3 Å². The van der Waals surface area contributed by atoms with Crippen LogP contribution in [0.2, 0.25) is 0 Å². The van der Waals surface area contributed by atoms with Gasteiger partial charge in [-0.05, 0) is 0 Å². The maximum atomic E-state index is 5.58. The van der Waals surface area contributed by atoms with Gasteiger partial charge in [0.25, 0.3) is 0 Å². The van der Waals surface area contributed by atoms with Gasteiger partial charge in [0, 0.05) is 19.4 Å². The smallest absolute Gasteiger partial charge is 0.223 e. The van der Waals surface area contributed by atoms with E-state index in [4.69, 9.17) is 16.2 Å². The number of aromatic nitrogens is 4. The molecule has 0 bridgehead atoms. The molecule has 2 heterocycles. The van der Waals surface area contributed by atoms with Crippen LogP contribution in [0.1, 0.15) is 0 Å². The summed E-state index contributed by atoms with van der Waals surface area (Å²) in [7, 11) is 1.65. The highest BCUT2D eigenvalue weighted by atomic mass is 16.5. The lowest BCUT2D eigenvalue weighted by atomic mass is 10.5. The molecule has 0 spiro atoms. The Kier molecular flexibility index (Phi) is 3.58. The van der Waals surface area contributed by atoms with Crippen molar-refractivity contribution in [3.8, 4) is 0 Å². The monoisotopic (exact) mass is 249 g/mol. The first-order valence-corrected chi connectivity index (χ1v) is 5.36. The Morgan fingerprint density at radius 1 is 1.39 bits per heavy atom.